The van der Waals surface area contributed by atoms with Gasteiger partial charge in [0.1, 0.15) is 17.3 Å². The van der Waals surface area contributed by atoms with Gasteiger partial charge in [0.2, 0.25) is 0 Å². The van der Waals surface area contributed by atoms with Gasteiger partial charge in [-0.15, -0.1) is 0 Å². The Morgan fingerprint density at radius 1 is 0.974 bits per heavy atom. The largest absolute Gasteiger partial charge is 0.497 e. The lowest BCUT2D eigenvalue weighted by Gasteiger charge is -2.40. The predicted octanol–water partition coefficient (Wildman–Crippen LogP) is 4.27. The fraction of sp³-hybridized carbons (Fsp3) is 0.367. The van der Waals surface area contributed by atoms with Gasteiger partial charge in [0.25, 0.3) is 11.8 Å². The van der Waals surface area contributed by atoms with Crippen molar-refractivity contribution in [3.63, 3.8) is 0 Å². The average molecular weight is 515 g/mol. The number of fused-ring (bicyclic) bond motifs is 2. The second kappa shape index (κ2) is 11.1. The number of methoxy groups -OCH3 is 2. The molecule has 3 heterocycles. The van der Waals surface area contributed by atoms with Gasteiger partial charge in [-0.25, -0.2) is 4.98 Å². The standard InChI is InChI=1S/C30H34N4O4/c1-19-26(8-5-9-27(19)38-3)30(36)33-22-15-23-11-12-24(16-22)34(23)28-13-10-21(18-31-28)29(35)32-17-20-6-4-7-25(14-20)37-2/h4-10,13-14,18,22-24H,11-12,15-17H2,1-3H3,(H,32,35)(H,33,36)/t22?,23-,24+. The van der Waals surface area contributed by atoms with Crippen LogP contribution in [-0.2, 0) is 6.54 Å². The number of carbonyl (C=O) groups is 2. The van der Waals surface area contributed by atoms with Crippen molar-refractivity contribution in [3.8, 4) is 11.5 Å². The predicted molar refractivity (Wildman–Crippen MR) is 146 cm³/mol. The smallest absolute Gasteiger partial charge is 0.253 e. The first kappa shape index (κ1) is 25.6. The number of hydrogen-bond donors (Lipinski definition) is 2. The van der Waals surface area contributed by atoms with Gasteiger partial charge < -0.3 is 25.0 Å². The Balaban J connectivity index is 1.19. The molecule has 2 aliphatic heterocycles. The quantitative estimate of drug-likeness (QED) is 0.467. The number of carbonyl (C=O) groups excluding carboxylic acids is 2. The summed E-state index contributed by atoms with van der Waals surface area (Å²) < 4.78 is 10.6. The van der Waals surface area contributed by atoms with E-state index in [0.717, 1.165) is 54.1 Å². The van der Waals surface area contributed by atoms with E-state index in [1.807, 2.05) is 61.5 Å². The summed E-state index contributed by atoms with van der Waals surface area (Å²) >= 11 is 0. The number of nitrogens with one attached hydrogen (secondary N) is 2. The molecular weight excluding hydrogens is 480 g/mol. The summed E-state index contributed by atoms with van der Waals surface area (Å²) in [5.41, 5.74) is 3.00. The van der Waals surface area contributed by atoms with Crippen molar-refractivity contribution < 1.29 is 19.1 Å². The Morgan fingerprint density at radius 3 is 2.42 bits per heavy atom. The highest BCUT2D eigenvalue weighted by atomic mass is 16.5. The molecule has 198 valence electrons. The van der Waals surface area contributed by atoms with Gasteiger partial charge in [-0.1, -0.05) is 18.2 Å². The zero-order chi connectivity index (χ0) is 26.6. The molecule has 2 saturated heterocycles. The summed E-state index contributed by atoms with van der Waals surface area (Å²) in [6.07, 6.45) is 5.53. The highest BCUT2D eigenvalue weighted by Crippen LogP contribution is 2.38. The molecule has 3 aromatic rings. The lowest BCUT2D eigenvalue weighted by Crippen LogP contribution is -2.50. The van der Waals surface area contributed by atoms with E-state index >= 15 is 0 Å². The fourth-order valence-electron chi connectivity index (χ4n) is 5.75. The number of ether oxygens (including phenoxy) is 2. The fourth-order valence-corrected chi connectivity index (χ4v) is 5.75. The van der Waals surface area contributed by atoms with Crippen molar-refractivity contribution in [2.45, 2.75) is 57.3 Å². The van der Waals surface area contributed by atoms with Crippen LogP contribution in [0, 0.1) is 6.92 Å². The number of aromatic nitrogens is 1. The second-order valence-corrected chi connectivity index (χ2v) is 10.0. The van der Waals surface area contributed by atoms with E-state index < -0.39 is 0 Å². The van der Waals surface area contributed by atoms with Gasteiger partial charge >= 0.3 is 0 Å². The zero-order valence-corrected chi connectivity index (χ0v) is 22.1. The number of anilines is 1. The van der Waals surface area contributed by atoms with Gasteiger partial charge in [-0.2, -0.15) is 0 Å². The molecule has 5 rings (SSSR count). The number of amides is 2. The number of piperidine rings is 1. The molecule has 2 amide bonds. The maximum absolute atomic E-state index is 13.0. The Hall–Kier alpha value is -4.07. The van der Waals surface area contributed by atoms with E-state index in [1.165, 1.54) is 0 Å². The first-order valence-corrected chi connectivity index (χ1v) is 13.1. The van der Waals surface area contributed by atoms with Crippen molar-refractivity contribution in [1.82, 2.24) is 15.6 Å². The molecule has 2 aliphatic rings. The summed E-state index contributed by atoms with van der Waals surface area (Å²) in [4.78, 5) is 32.7. The van der Waals surface area contributed by atoms with Crippen molar-refractivity contribution in [3.05, 3.63) is 83.0 Å². The SMILES string of the molecule is COc1cccc(CNC(=O)c2ccc(N3[C@@H]4CC[C@H]3CC(NC(=O)c3cccc(OC)c3C)C4)nc2)c1. The third kappa shape index (κ3) is 5.30. The third-order valence-corrected chi connectivity index (χ3v) is 7.68. The topological polar surface area (TPSA) is 92.8 Å². The molecular formula is C30H34N4O4. The van der Waals surface area contributed by atoms with Crippen LogP contribution in [-0.4, -0.2) is 49.1 Å². The summed E-state index contributed by atoms with van der Waals surface area (Å²) in [5, 5.41) is 6.20. The van der Waals surface area contributed by atoms with Gasteiger partial charge in [0.15, 0.2) is 0 Å². The molecule has 1 unspecified atom stereocenters. The van der Waals surface area contributed by atoms with Crippen molar-refractivity contribution in [1.29, 1.82) is 0 Å². The lowest BCUT2D eigenvalue weighted by molar-refractivity contribution is 0.0923. The molecule has 2 aromatic carbocycles. The van der Waals surface area contributed by atoms with E-state index in [4.69, 9.17) is 9.47 Å². The Morgan fingerprint density at radius 2 is 1.74 bits per heavy atom. The Labute approximate surface area is 223 Å². The first-order chi connectivity index (χ1) is 18.5. The summed E-state index contributed by atoms with van der Waals surface area (Å²) in [6.45, 7) is 2.32. The van der Waals surface area contributed by atoms with E-state index in [-0.39, 0.29) is 17.9 Å². The first-order valence-electron chi connectivity index (χ1n) is 13.1. The van der Waals surface area contributed by atoms with Gasteiger partial charge in [0.05, 0.1) is 19.8 Å². The van der Waals surface area contributed by atoms with Gasteiger partial charge in [-0.05, 0) is 74.6 Å². The molecule has 0 radical (unpaired) electrons. The summed E-state index contributed by atoms with van der Waals surface area (Å²) in [5.74, 6) is 2.15. The van der Waals surface area contributed by atoms with Crippen LogP contribution < -0.4 is 25.0 Å². The molecule has 0 saturated carbocycles. The molecule has 8 nitrogen and oxygen atoms in total. The van der Waals surface area contributed by atoms with Gasteiger partial charge in [0, 0.05) is 42.0 Å². The van der Waals surface area contributed by atoms with Crippen molar-refractivity contribution >= 4 is 17.6 Å². The van der Waals surface area contributed by atoms with Crippen LogP contribution in [0.4, 0.5) is 5.82 Å². The summed E-state index contributed by atoms with van der Waals surface area (Å²) in [6, 6.07) is 17.7. The molecule has 38 heavy (non-hydrogen) atoms. The van der Waals surface area contributed by atoms with Crippen LogP contribution in [0.2, 0.25) is 0 Å². The molecule has 8 heteroatoms. The maximum atomic E-state index is 13.0. The van der Waals surface area contributed by atoms with E-state index in [9.17, 15) is 9.59 Å². The number of pyridine rings is 1. The van der Waals surface area contributed by atoms with E-state index in [0.29, 0.717) is 29.8 Å². The second-order valence-electron chi connectivity index (χ2n) is 10.0. The summed E-state index contributed by atoms with van der Waals surface area (Å²) in [7, 11) is 3.24. The highest BCUT2D eigenvalue weighted by Gasteiger charge is 2.42. The minimum Gasteiger partial charge on any atom is -0.497 e. The normalized spacial score (nSPS) is 20.1. The van der Waals surface area contributed by atoms with Crippen LogP contribution in [0.5, 0.6) is 11.5 Å². The number of benzene rings is 2. The molecule has 3 atom stereocenters. The van der Waals surface area contributed by atoms with Crippen molar-refractivity contribution in [2.24, 2.45) is 0 Å². The van der Waals surface area contributed by atoms with Crippen LogP contribution in [0.15, 0.2) is 60.8 Å². The lowest BCUT2D eigenvalue weighted by atomic mass is 9.96. The van der Waals surface area contributed by atoms with Crippen LogP contribution in [0.1, 0.15) is 57.5 Å². The zero-order valence-electron chi connectivity index (χ0n) is 22.1. The maximum Gasteiger partial charge on any atom is 0.253 e. The molecule has 1 aromatic heterocycles. The minimum atomic E-state index is -0.163. The van der Waals surface area contributed by atoms with Crippen LogP contribution >= 0.6 is 0 Å². The van der Waals surface area contributed by atoms with E-state index in [2.05, 4.69) is 20.5 Å². The Kier molecular flexibility index (Phi) is 7.49. The average Bonchev–Trinajstić information content (AvgIpc) is 3.21. The van der Waals surface area contributed by atoms with Crippen LogP contribution in [0.25, 0.3) is 0 Å². The highest BCUT2D eigenvalue weighted by molar-refractivity contribution is 5.96. The monoisotopic (exact) mass is 514 g/mol. The molecule has 0 aliphatic carbocycles. The third-order valence-electron chi connectivity index (χ3n) is 7.68. The minimum absolute atomic E-state index is 0.0540. The Bertz CT molecular complexity index is 1300. The molecule has 0 spiro atoms. The molecule has 2 fully saturated rings. The molecule has 2 N–H and O–H groups in total. The van der Waals surface area contributed by atoms with Crippen molar-refractivity contribution in [2.75, 3.05) is 19.1 Å². The van der Waals surface area contributed by atoms with Gasteiger partial charge in [-0.3, -0.25) is 9.59 Å². The number of hydrogen-bond acceptors (Lipinski definition) is 6. The van der Waals surface area contributed by atoms with E-state index in [1.54, 1.807) is 20.4 Å². The molecule has 2 bridgehead atoms. The number of nitrogens with zero attached hydrogens (tertiary/aromatic N) is 2. The number of rotatable bonds is 8. The van der Waals surface area contributed by atoms with Crippen LogP contribution in [0.3, 0.4) is 0 Å².